The van der Waals surface area contributed by atoms with Crippen molar-refractivity contribution in [1.82, 2.24) is 9.88 Å². The van der Waals surface area contributed by atoms with Crippen LogP contribution >= 0.6 is 11.6 Å². The maximum Gasteiger partial charge on any atom is 0.319 e. The summed E-state index contributed by atoms with van der Waals surface area (Å²) >= 11 is 6.15. The molecular weight excluding hydrogens is 438 g/mol. The zero-order valence-corrected chi connectivity index (χ0v) is 17.4. The number of amides is 2. The van der Waals surface area contributed by atoms with Crippen LogP contribution in [0.25, 0.3) is 0 Å². The summed E-state index contributed by atoms with van der Waals surface area (Å²) in [6.45, 7) is 0.184. The number of carboxylic acids is 1. The molecule has 0 bridgehead atoms. The van der Waals surface area contributed by atoms with Crippen molar-refractivity contribution < 1.29 is 24.9 Å². The second-order valence-electron chi connectivity index (χ2n) is 6.91. The minimum absolute atomic E-state index is 0.0485. The molecular formula is C22H20ClN3O6. The number of phenols is 2. The number of nitrogens with zero attached hydrogens (tertiary/aromatic N) is 1. The van der Waals surface area contributed by atoms with E-state index in [9.17, 15) is 29.7 Å². The van der Waals surface area contributed by atoms with Gasteiger partial charge in [-0.15, -0.1) is 0 Å². The SMILES string of the molecule is O=C(O)C[C@H](NC(=O)Nc1cccn(Cc2ccccc2Cl)c1=O)c1c(O)cccc1O. The molecule has 0 aliphatic carbocycles. The van der Waals surface area contributed by atoms with Crippen LogP contribution in [0.15, 0.2) is 65.6 Å². The monoisotopic (exact) mass is 457 g/mol. The minimum atomic E-state index is -1.26. The van der Waals surface area contributed by atoms with E-state index < -0.39 is 30.0 Å². The lowest BCUT2D eigenvalue weighted by atomic mass is 10.0. The largest absolute Gasteiger partial charge is 0.507 e. The van der Waals surface area contributed by atoms with Crippen LogP contribution in [0.5, 0.6) is 11.5 Å². The van der Waals surface area contributed by atoms with E-state index in [4.69, 9.17) is 11.6 Å². The number of anilines is 1. The highest BCUT2D eigenvalue weighted by Crippen LogP contribution is 2.34. The molecule has 10 heteroatoms. The Labute approximate surface area is 187 Å². The first-order valence-corrected chi connectivity index (χ1v) is 9.87. The number of aromatic nitrogens is 1. The van der Waals surface area contributed by atoms with Crippen LogP contribution in [0.2, 0.25) is 5.02 Å². The second-order valence-corrected chi connectivity index (χ2v) is 7.31. The number of pyridine rings is 1. The predicted molar refractivity (Wildman–Crippen MR) is 118 cm³/mol. The number of hydrogen-bond acceptors (Lipinski definition) is 5. The van der Waals surface area contributed by atoms with Gasteiger partial charge in [0.05, 0.1) is 24.6 Å². The van der Waals surface area contributed by atoms with E-state index in [0.29, 0.717) is 5.02 Å². The van der Waals surface area contributed by atoms with Crippen molar-refractivity contribution in [1.29, 1.82) is 0 Å². The highest BCUT2D eigenvalue weighted by molar-refractivity contribution is 6.31. The minimum Gasteiger partial charge on any atom is -0.507 e. The summed E-state index contributed by atoms with van der Waals surface area (Å²) < 4.78 is 1.36. The van der Waals surface area contributed by atoms with Gasteiger partial charge in [0.1, 0.15) is 17.2 Å². The molecule has 0 spiro atoms. The quantitative estimate of drug-likeness (QED) is 0.368. The Hall–Kier alpha value is -3.98. The number of aliphatic carboxylic acids is 1. The summed E-state index contributed by atoms with van der Waals surface area (Å²) in [5.41, 5.74) is 0.0269. The van der Waals surface area contributed by atoms with Gasteiger partial charge in [0, 0.05) is 11.2 Å². The van der Waals surface area contributed by atoms with Gasteiger partial charge >= 0.3 is 12.0 Å². The fraction of sp³-hybridized carbons (Fsp3) is 0.136. The van der Waals surface area contributed by atoms with Crippen LogP contribution in [-0.2, 0) is 11.3 Å². The number of carbonyl (C=O) groups is 2. The molecule has 166 valence electrons. The van der Waals surface area contributed by atoms with Crippen LogP contribution in [0.1, 0.15) is 23.6 Å². The summed E-state index contributed by atoms with van der Waals surface area (Å²) in [5, 5.41) is 34.5. The Morgan fingerprint density at radius 3 is 2.34 bits per heavy atom. The van der Waals surface area contributed by atoms with Gasteiger partial charge in [-0.05, 0) is 35.9 Å². The van der Waals surface area contributed by atoms with E-state index in [1.165, 1.54) is 28.8 Å². The van der Waals surface area contributed by atoms with Gasteiger partial charge in [0.2, 0.25) is 0 Å². The van der Waals surface area contributed by atoms with E-state index in [0.717, 1.165) is 5.56 Å². The Morgan fingerprint density at radius 2 is 1.69 bits per heavy atom. The fourth-order valence-corrected chi connectivity index (χ4v) is 3.38. The van der Waals surface area contributed by atoms with Crippen LogP contribution < -0.4 is 16.2 Å². The number of nitrogens with one attached hydrogen (secondary N) is 2. The molecule has 0 unspecified atom stereocenters. The zero-order valence-electron chi connectivity index (χ0n) is 16.7. The Bertz CT molecular complexity index is 1190. The van der Waals surface area contributed by atoms with E-state index in [-0.39, 0.29) is 29.3 Å². The normalized spacial score (nSPS) is 11.5. The Morgan fingerprint density at radius 1 is 1.00 bits per heavy atom. The van der Waals surface area contributed by atoms with Gasteiger partial charge in [0.25, 0.3) is 5.56 Å². The van der Waals surface area contributed by atoms with E-state index in [1.54, 1.807) is 36.5 Å². The molecule has 0 radical (unpaired) electrons. The molecule has 2 aromatic carbocycles. The summed E-state index contributed by atoms with van der Waals surface area (Å²) in [7, 11) is 0. The van der Waals surface area contributed by atoms with Crippen LogP contribution in [0.4, 0.5) is 10.5 Å². The summed E-state index contributed by atoms with van der Waals surface area (Å²) in [4.78, 5) is 36.5. The number of benzene rings is 2. The molecule has 2 amide bonds. The van der Waals surface area contributed by atoms with Gasteiger partial charge in [-0.3, -0.25) is 9.59 Å². The maximum absolute atomic E-state index is 12.8. The molecule has 3 aromatic rings. The van der Waals surface area contributed by atoms with Crippen molar-refractivity contribution in [2.45, 2.75) is 19.0 Å². The molecule has 3 rings (SSSR count). The number of phenolic OH excluding ortho intramolecular Hbond substituents is 2. The third-order valence-electron chi connectivity index (χ3n) is 4.66. The number of aromatic hydroxyl groups is 2. The number of carbonyl (C=O) groups excluding carboxylic acids is 1. The standard InChI is InChI=1S/C22H20ClN3O6/c23-14-6-2-1-5-13(14)12-26-10-4-7-15(21(26)31)24-22(32)25-16(11-19(29)30)20-17(27)8-3-9-18(20)28/h1-10,16,27-28H,11-12H2,(H,29,30)(H2,24,25,32)/t16-/m0/s1. The molecule has 1 aromatic heterocycles. The fourth-order valence-electron chi connectivity index (χ4n) is 3.18. The van der Waals surface area contributed by atoms with Crippen molar-refractivity contribution in [2.75, 3.05) is 5.32 Å². The lowest BCUT2D eigenvalue weighted by Crippen LogP contribution is -2.36. The third kappa shape index (κ3) is 5.38. The van der Waals surface area contributed by atoms with Gasteiger partial charge < -0.3 is 30.5 Å². The lowest BCUT2D eigenvalue weighted by Gasteiger charge is -2.20. The maximum atomic E-state index is 12.8. The topological polar surface area (TPSA) is 141 Å². The number of carboxylic acid groups (broad SMARTS) is 1. The highest BCUT2D eigenvalue weighted by Gasteiger charge is 2.24. The highest BCUT2D eigenvalue weighted by atomic mass is 35.5. The predicted octanol–water partition coefficient (Wildman–Crippen LogP) is 3.30. The first kappa shape index (κ1) is 22.7. The zero-order chi connectivity index (χ0) is 23.3. The first-order valence-electron chi connectivity index (χ1n) is 9.49. The van der Waals surface area contributed by atoms with Crippen LogP contribution in [0.3, 0.4) is 0 Å². The molecule has 0 fully saturated rings. The van der Waals surface area contributed by atoms with Crippen molar-refractivity contribution in [3.8, 4) is 11.5 Å². The average Bonchev–Trinajstić information content (AvgIpc) is 2.72. The second kappa shape index (κ2) is 9.88. The van der Waals surface area contributed by atoms with Gasteiger partial charge in [-0.1, -0.05) is 35.9 Å². The number of halogens is 1. The molecule has 0 saturated heterocycles. The Balaban J connectivity index is 1.81. The van der Waals surface area contributed by atoms with E-state index in [1.807, 2.05) is 0 Å². The smallest absolute Gasteiger partial charge is 0.319 e. The van der Waals surface area contributed by atoms with Crippen LogP contribution in [-0.4, -0.2) is 31.9 Å². The number of rotatable bonds is 7. The van der Waals surface area contributed by atoms with Crippen molar-refractivity contribution in [3.63, 3.8) is 0 Å². The van der Waals surface area contributed by atoms with E-state index >= 15 is 0 Å². The molecule has 9 nitrogen and oxygen atoms in total. The molecule has 5 N–H and O–H groups in total. The van der Waals surface area contributed by atoms with Crippen LogP contribution in [0, 0.1) is 0 Å². The average molecular weight is 458 g/mol. The molecule has 1 atom stereocenters. The van der Waals surface area contributed by atoms with Crippen molar-refractivity contribution >= 4 is 29.3 Å². The molecule has 0 aliphatic heterocycles. The molecule has 0 saturated carbocycles. The van der Waals surface area contributed by atoms with Gasteiger partial charge in [-0.2, -0.15) is 0 Å². The van der Waals surface area contributed by atoms with Gasteiger partial charge in [0.15, 0.2) is 0 Å². The molecule has 1 heterocycles. The number of hydrogen-bond donors (Lipinski definition) is 5. The summed E-state index contributed by atoms with van der Waals surface area (Å²) in [5.74, 6) is -2.02. The van der Waals surface area contributed by atoms with Gasteiger partial charge in [-0.25, -0.2) is 4.79 Å². The Kier molecular flexibility index (Phi) is 7.01. The summed E-state index contributed by atoms with van der Waals surface area (Å²) in [6, 6.07) is 11.8. The van der Waals surface area contributed by atoms with E-state index in [2.05, 4.69) is 10.6 Å². The lowest BCUT2D eigenvalue weighted by molar-refractivity contribution is -0.137. The molecule has 32 heavy (non-hydrogen) atoms. The van der Waals surface area contributed by atoms with Crippen molar-refractivity contribution in [2.24, 2.45) is 0 Å². The summed E-state index contributed by atoms with van der Waals surface area (Å²) in [6.07, 6.45) is 0.937. The first-order chi connectivity index (χ1) is 15.3. The molecule has 0 aliphatic rings. The number of urea groups is 1. The van der Waals surface area contributed by atoms with Crippen molar-refractivity contribution in [3.05, 3.63) is 87.3 Å². The third-order valence-corrected chi connectivity index (χ3v) is 5.03.